The molecule has 1 rings (SSSR count). The van der Waals surface area contributed by atoms with Crippen LogP contribution < -0.4 is 4.90 Å². The molecule has 1 aromatic heterocycles. The second-order valence-electron chi connectivity index (χ2n) is 3.96. The van der Waals surface area contributed by atoms with Crippen LogP contribution in [0.2, 0.25) is 0 Å². The number of anilines is 1. The van der Waals surface area contributed by atoms with Crippen molar-refractivity contribution >= 4 is 11.8 Å². The zero-order valence-corrected chi connectivity index (χ0v) is 10.9. The number of hydrogen-bond donors (Lipinski definition) is 0. The van der Waals surface area contributed by atoms with Crippen molar-refractivity contribution < 1.29 is 9.53 Å². The summed E-state index contributed by atoms with van der Waals surface area (Å²) in [6.45, 7) is 4.05. The summed E-state index contributed by atoms with van der Waals surface area (Å²) in [6.07, 6.45) is 1.90. The third-order valence-corrected chi connectivity index (χ3v) is 2.67. The van der Waals surface area contributed by atoms with Crippen molar-refractivity contribution in [3.05, 3.63) is 23.9 Å². The molecular weight excluding hydrogens is 230 g/mol. The second kappa shape index (κ2) is 6.60. The van der Waals surface area contributed by atoms with Gasteiger partial charge < -0.3 is 9.64 Å². The largest absolute Gasteiger partial charge is 0.466 e. The molecule has 5 nitrogen and oxygen atoms in total. The first-order chi connectivity index (χ1) is 8.60. The number of carbonyl (C=O) groups excluding carboxylic acids is 1. The van der Waals surface area contributed by atoms with Crippen LogP contribution in [0.5, 0.6) is 0 Å². The Morgan fingerprint density at radius 3 is 3.00 bits per heavy atom. The van der Waals surface area contributed by atoms with E-state index in [4.69, 9.17) is 10.00 Å². The van der Waals surface area contributed by atoms with Crippen molar-refractivity contribution in [2.45, 2.75) is 26.3 Å². The number of rotatable bonds is 5. The molecule has 0 radical (unpaired) electrons. The van der Waals surface area contributed by atoms with E-state index >= 15 is 0 Å². The Morgan fingerprint density at radius 1 is 1.67 bits per heavy atom. The van der Waals surface area contributed by atoms with Gasteiger partial charge in [-0.05, 0) is 26.0 Å². The summed E-state index contributed by atoms with van der Waals surface area (Å²) >= 11 is 0. The van der Waals surface area contributed by atoms with Gasteiger partial charge in [0.2, 0.25) is 0 Å². The molecule has 18 heavy (non-hydrogen) atoms. The van der Waals surface area contributed by atoms with Gasteiger partial charge >= 0.3 is 5.97 Å². The van der Waals surface area contributed by atoms with Gasteiger partial charge in [-0.25, -0.2) is 4.98 Å². The number of pyridine rings is 1. The van der Waals surface area contributed by atoms with E-state index in [0.29, 0.717) is 18.0 Å². The fourth-order valence-corrected chi connectivity index (χ4v) is 1.57. The highest BCUT2D eigenvalue weighted by atomic mass is 16.5. The molecule has 0 aliphatic heterocycles. The maximum Gasteiger partial charge on any atom is 0.307 e. The molecule has 1 atom stereocenters. The highest BCUT2D eigenvalue weighted by Gasteiger charge is 2.18. The molecule has 0 saturated carbocycles. The molecule has 0 fully saturated rings. The molecule has 0 spiro atoms. The predicted octanol–water partition coefficient (Wildman–Crippen LogP) is 1.73. The van der Waals surface area contributed by atoms with Crippen LogP contribution in [0.1, 0.15) is 25.8 Å². The first kappa shape index (κ1) is 14.0. The van der Waals surface area contributed by atoms with Crippen LogP contribution in [-0.2, 0) is 9.53 Å². The van der Waals surface area contributed by atoms with Crippen molar-refractivity contribution in [1.29, 1.82) is 5.26 Å². The van der Waals surface area contributed by atoms with Crippen molar-refractivity contribution in [2.24, 2.45) is 0 Å². The molecule has 0 N–H and O–H groups in total. The van der Waals surface area contributed by atoms with E-state index in [1.165, 1.54) is 0 Å². The van der Waals surface area contributed by atoms with Gasteiger partial charge in [-0.1, -0.05) is 0 Å². The molecule has 1 aromatic rings. The monoisotopic (exact) mass is 247 g/mol. The first-order valence-electron chi connectivity index (χ1n) is 5.83. The van der Waals surface area contributed by atoms with Crippen LogP contribution in [-0.4, -0.2) is 30.6 Å². The normalized spacial score (nSPS) is 11.4. The van der Waals surface area contributed by atoms with Crippen LogP contribution >= 0.6 is 0 Å². The minimum Gasteiger partial charge on any atom is -0.466 e. The average Bonchev–Trinajstić information content (AvgIpc) is 2.38. The molecule has 0 aromatic carbocycles. The third-order valence-electron chi connectivity index (χ3n) is 2.67. The Morgan fingerprint density at radius 2 is 2.39 bits per heavy atom. The van der Waals surface area contributed by atoms with Crippen LogP contribution in [0.3, 0.4) is 0 Å². The van der Waals surface area contributed by atoms with Crippen molar-refractivity contribution in [1.82, 2.24) is 4.98 Å². The van der Waals surface area contributed by atoms with Crippen LogP contribution in [0.25, 0.3) is 0 Å². The Balaban J connectivity index is 2.77. The molecule has 5 heteroatoms. The standard InChI is InChI=1S/C13H17N3O2/c1-4-18-12(17)8-10(2)16(3)13-11(9-14)6-5-7-15-13/h5-7,10H,4,8H2,1-3H3. The molecule has 0 amide bonds. The molecule has 0 aliphatic carbocycles. The second-order valence-corrected chi connectivity index (χ2v) is 3.96. The highest BCUT2D eigenvalue weighted by Crippen LogP contribution is 2.18. The average molecular weight is 247 g/mol. The molecule has 0 bridgehead atoms. The lowest BCUT2D eigenvalue weighted by Gasteiger charge is -2.25. The van der Waals surface area contributed by atoms with Gasteiger partial charge in [0, 0.05) is 19.3 Å². The van der Waals surface area contributed by atoms with Gasteiger partial charge in [0.05, 0.1) is 18.6 Å². The molecule has 96 valence electrons. The maximum atomic E-state index is 11.4. The topological polar surface area (TPSA) is 66.2 Å². The van der Waals surface area contributed by atoms with E-state index in [1.807, 2.05) is 18.9 Å². The highest BCUT2D eigenvalue weighted by molar-refractivity contribution is 5.71. The summed E-state index contributed by atoms with van der Waals surface area (Å²) in [4.78, 5) is 17.4. The van der Waals surface area contributed by atoms with Gasteiger partial charge in [-0.15, -0.1) is 0 Å². The van der Waals surface area contributed by atoms with Gasteiger partial charge in [0.15, 0.2) is 0 Å². The van der Waals surface area contributed by atoms with Crippen molar-refractivity contribution in [3.63, 3.8) is 0 Å². The summed E-state index contributed by atoms with van der Waals surface area (Å²) in [5.41, 5.74) is 0.496. The van der Waals surface area contributed by atoms with E-state index in [2.05, 4.69) is 11.1 Å². The quantitative estimate of drug-likeness (QED) is 0.741. The minimum atomic E-state index is -0.244. The lowest BCUT2D eigenvalue weighted by atomic mass is 10.2. The number of ether oxygens (including phenoxy) is 1. The number of aromatic nitrogens is 1. The van der Waals surface area contributed by atoms with Crippen LogP contribution in [0, 0.1) is 11.3 Å². The van der Waals surface area contributed by atoms with E-state index < -0.39 is 0 Å². The predicted molar refractivity (Wildman–Crippen MR) is 68.1 cm³/mol. The molecule has 0 aliphatic rings. The fraction of sp³-hybridized carbons (Fsp3) is 0.462. The van der Waals surface area contributed by atoms with E-state index in [-0.39, 0.29) is 18.4 Å². The Kier molecular flexibility index (Phi) is 5.12. The maximum absolute atomic E-state index is 11.4. The first-order valence-corrected chi connectivity index (χ1v) is 5.83. The van der Waals surface area contributed by atoms with Gasteiger partial charge in [-0.2, -0.15) is 5.26 Å². The number of carbonyl (C=O) groups is 1. The SMILES string of the molecule is CCOC(=O)CC(C)N(C)c1ncccc1C#N. The lowest BCUT2D eigenvalue weighted by molar-refractivity contribution is -0.143. The zero-order valence-electron chi connectivity index (χ0n) is 10.9. The summed E-state index contributed by atoms with van der Waals surface area (Å²) in [7, 11) is 1.81. The van der Waals surface area contributed by atoms with Crippen LogP contribution in [0.4, 0.5) is 5.82 Å². The van der Waals surface area contributed by atoms with Gasteiger partial charge in [0.1, 0.15) is 11.9 Å². The Hall–Kier alpha value is -2.09. The van der Waals surface area contributed by atoms with Gasteiger partial charge in [-0.3, -0.25) is 4.79 Å². The summed E-state index contributed by atoms with van der Waals surface area (Å²) in [6, 6.07) is 5.43. The molecule has 1 heterocycles. The third kappa shape index (κ3) is 3.45. The number of nitrogens with zero attached hydrogens (tertiary/aromatic N) is 3. The van der Waals surface area contributed by atoms with Crippen molar-refractivity contribution in [3.8, 4) is 6.07 Å². The summed E-state index contributed by atoms with van der Waals surface area (Å²) in [5.74, 6) is 0.336. The van der Waals surface area contributed by atoms with Crippen molar-refractivity contribution in [2.75, 3.05) is 18.6 Å². The van der Waals surface area contributed by atoms with Crippen LogP contribution in [0.15, 0.2) is 18.3 Å². The van der Waals surface area contributed by atoms with Gasteiger partial charge in [0.25, 0.3) is 0 Å². The smallest absolute Gasteiger partial charge is 0.307 e. The molecule has 1 unspecified atom stereocenters. The molecule has 0 saturated heterocycles. The molecular formula is C13H17N3O2. The minimum absolute atomic E-state index is 0.0777. The lowest BCUT2D eigenvalue weighted by Crippen LogP contribution is -2.32. The number of hydrogen-bond acceptors (Lipinski definition) is 5. The fourth-order valence-electron chi connectivity index (χ4n) is 1.57. The zero-order chi connectivity index (χ0) is 13.5. The Bertz CT molecular complexity index is 454. The van der Waals surface area contributed by atoms with E-state index in [9.17, 15) is 4.79 Å². The van der Waals surface area contributed by atoms with E-state index in [0.717, 1.165) is 0 Å². The number of nitriles is 1. The number of esters is 1. The summed E-state index contributed by atoms with van der Waals surface area (Å²) < 4.78 is 4.90. The summed E-state index contributed by atoms with van der Waals surface area (Å²) in [5, 5.41) is 9.01. The Labute approximate surface area is 107 Å². The van der Waals surface area contributed by atoms with E-state index in [1.54, 1.807) is 25.3 Å².